The van der Waals surface area contributed by atoms with Crippen LogP contribution in [0, 0.1) is 0 Å². The smallest absolute Gasteiger partial charge is 0.118 e. The lowest BCUT2D eigenvalue weighted by Gasteiger charge is -2.14. The van der Waals surface area contributed by atoms with Gasteiger partial charge in [0.15, 0.2) is 0 Å². The van der Waals surface area contributed by atoms with Crippen molar-refractivity contribution < 1.29 is 4.74 Å². The van der Waals surface area contributed by atoms with Crippen LogP contribution in [-0.4, -0.2) is 7.11 Å². The predicted octanol–water partition coefficient (Wildman–Crippen LogP) is 3.89. The summed E-state index contributed by atoms with van der Waals surface area (Å²) in [5.74, 6) is 0.882. The summed E-state index contributed by atoms with van der Waals surface area (Å²) in [6, 6.07) is 16.8. The maximum absolute atomic E-state index is 6.33. The van der Waals surface area contributed by atoms with E-state index < -0.39 is 0 Å². The second kappa shape index (κ2) is 7.11. The molecule has 0 aliphatic rings. The summed E-state index contributed by atoms with van der Waals surface area (Å²) >= 11 is 0. The minimum atomic E-state index is 0.0419. The van der Waals surface area contributed by atoms with E-state index in [9.17, 15) is 0 Å². The maximum atomic E-state index is 6.33. The molecule has 106 valence electrons. The molecule has 2 N–H and O–H groups in total. The third-order valence-corrected chi connectivity index (χ3v) is 3.53. The third kappa shape index (κ3) is 3.84. The fourth-order valence-corrected chi connectivity index (χ4v) is 2.40. The molecular weight excluding hydrogens is 246 g/mol. The van der Waals surface area contributed by atoms with Crippen LogP contribution in [-0.2, 0) is 12.8 Å². The number of aryl methyl sites for hydroxylation is 1. The molecule has 0 heterocycles. The molecule has 20 heavy (non-hydrogen) atoms. The van der Waals surface area contributed by atoms with Crippen LogP contribution in [0.25, 0.3) is 0 Å². The fourth-order valence-electron chi connectivity index (χ4n) is 2.40. The Labute approximate surface area is 121 Å². The van der Waals surface area contributed by atoms with Crippen molar-refractivity contribution in [3.63, 3.8) is 0 Å². The lowest BCUT2D eigenvalue weighted by Crippen LogP contribution is -2.13. The topological polar surface area (TPSA) is 35.2 Å². The molecule has 0 amide bonds. The van der Waals surface area contributed by atoms with Gasteiger partial charge in [0.2, 0.25) is 0 Å². The summed E-state index contributed by atoms with van der Waals surface area (Å²) in [4.78, 5) is 0. The van der Waals surface area contributed by atoms with E-state index in [1.165, 1.54) is 16.7 Å². The van der Waals surface area contributed by atoms with E-state index in [1.807, 2.05) is 12.1 Å². The zero-order valence-corrected chi connectivity index (χ0v) is 12.3. The Balaban J connectivity index is 2.06. The molecule has 1 atom stereocenters. The Morgan fingerprint density at radius 2 is 1.80 bits per heavy atom. The van der Waals surface area contributed by atoms with Gasteiger partial charge in [-0.25, -0.2) is 0 Å². The lowest BCUT2D eigenvalue weighted by atomic mass is 9.97. The average molecular weight is 269 g/mol. The first kappa shape index (κ1) is 14.6. The average Bonchev–Trinajstić information content (AvgIpc) is 2.48. The fraction of sp³-hybridized carbons (Fsp3) is 0.333. The van der Waals surface area contributed by atoms with Crippen molar-refractivity contribution in [2.24, 2.45) is 5.73 Å². The number of rotatable bonds is 6. The Kier molecular flexibility index (Phi) is 5.19. The molecule has 0 aliphatic heterocycles. The number of benzene rings is 2. The van der Waals surface area contributed by atoms with Gasteiger partial charge in [-0.2, -0.15) is 0 Å². The van der Waals surface area contributed by atoms with Gasteiger partial charge in [-0.15, -0.1) is 0 Å². The van der Waals surface area contributed by atoms with Crippen molar-refractivity contribution in [1.82, 2.24) is 0 Å². The molecule has 2 nitrogen and oxygen atoms in total. The first-order chi connectivity index (χ1) is 9.72. The molecule has 2 rings (SSSR count). The summed E-state index contributed by atoms with van der Waals surface area (Å²) in [7, 11) is 1.68. The summed E-state index contributed by atoms with van der Waals surface area (Å²) in [6.07, 6.45) is 3.12. The van der Waals surface area contributed by atoms with E-state index in [-0.39, 0.29) is 6.04 Å². The second-order valence-corrected chi connectivity index (χ2v) is 5.15. The van der Waals surface area contributed by atoms with Crippen LogP contribution in [0.15, 0.2) is 48.5 Å². The second-order valence-electron chi connectivity index (χ2n) is 5.15. The van der Waals surface area contributed by atoms with Crippen LogP contribution in [0.1, 0.15) is 36.1 Å². The zero-order valence-electron chi connectivity index (χ0n) is 12.3. The molecule has 0 aliphatic carbocycles. The third-order valence-electron chi connectivity index (χ3n) is 3.53. The van der Waals surface area contributed by atoms with E-state index >= 15 is 0 Å². The largest absolute Gasteiger partial charge is 0.497 e. The van der Waals surface area contributed by atoms with Crippen LogP contribution in [0.3, 0.4) is 0 Å². The Morgan fingerprint density at radius 3 is 2.45 bits per heavy atom. The molecule has 0 saturated heterocycles. The molecule has 0 aromatic heterocycles. The lowest BCUT2D eigenvalue weighted by molar-refractivity contribution is 0.414. The number of nitrogens with two attached hydrogens (primary N) is 1. The summed E-state index contributed by atoms with van der Waals surface area (Å²) in [5, 5.41) is 0. The molecule has 0 radical (unpaired) electrons. The number of hydrogen-bond acceptors (Lipinski definition) is 2. The van der Waals surface area contributed by atoms with Gasteiger partial charge in [0, 0.05) is 6.04 Å². The quantitative estimate of drug-likeness (QED) is 0.863. The number of hydrogen-bond donors (Lipinski definition) is 1. The van der Waals surface area contributed by atoms with Crippen molar-refractivity contribution in [2.45, 2.75) is 32.2 Å². The minimum absolute atomic E-state index is 0.0419. The maximum Gasteiger partial charge on any atom is 0.118 e. The van der Waals surface area contributed by atoms with Crippen LogP contribution < -0.4 is 10.5 Å². The highest BCUT2D eigenvalue weighted by Crippen LogP contribution is 2.20. The molecule has 2 aromatic carbocycles. The Morgan fingerprint density at radius 1 is 1.05 bits per heavy atom. The van der Waals surface area contributed by atoms with E-state index in [2.05, 4.69) is 43.3 Å². The molecule has 0 bridgehead atoms. The van der Waals surface area contributed by atoms with Crippen molar-refractivity contribution >= 4 is 0 Å². The summed E-state index contributed by atoms with van der Waals surface area (Å²) in [5.41, 5.74) is 10.2. The molecule has 2 aromatic rings. The van der Waals surface area contributed by atoms with Gasteiger partial charge >= 0.3 is 0 Å². The highest BCUT2D eigenvalue weighted by molar-refractivity contribution is 5.31. The van der Waals surface area contributed by atoms with Crippen LogP contribution in [0.4, 0.5) is 0 Å². The molecule has 0 spiro atoms. The Bertz CT molecular complexity index is 533. The highest BCUT2D eigenvalue weighted by atomic mass is 16.5. The molecule has 2 heteroatoms. The van der Waals surface area contributed by atoms with E-state index in [4.69, 9.17) is 10.5 Å². The minimum Gasteiger partial charge on any atom is -0.497 e. The molecule has 0 fully saturated rings. The molecule has 0 saturated carbocycles. The first-order valence-corrected chi connectivity index (χ1v) is 7.20. The van der Waals surface area contributed by atoms with E-state index in [1.54, 1.807) is 7.11 Å². The van der Waals surface area contributed by atoms with Gasteiger partial charge in [0.25, 0.3) is 0 Å². The number of ether oxygens (including phenoxy) is 1. The van der Waals surface area contributed by atoms with E-state index in [0.717, 1.165) is 25.0 Å². The van der Waals surface area contributed by atoms with Crippen LogP contribution in [0.5, 0.6) is 5.75 Å². The van der Waals surface area contributed by atoms with Crippen molar-refractivity contribution in [3.05, 3.63) is 65.2 Å². The Hall–Kier alpha value is -1.80. The van der Waals surface area contributed by atoms with Crippen LogP contribution in [0.2, 0.25) is 0 Å². The zero-order chi connectivity index (χ0) is 14.4. The summed E-state index contributed by atoms with van der Waals surface area (Å²) in [6.45, 7) is 2.20. The SMILES string of the molecule is CCCc1cccc(C(N)Cc2ccc(OC)cc2)c1. The van der Waals surface area contributed by atoms with Gasteiger partial charge in [-0.3, -0.25) is 0 Å². The predicted molar refractivity (Wildman–Crippen MR) is 84.1 cm³/mol. The highest BCUT2D eigenvalue weighted by Gasteiger charge is 2.08. The van der Waals surface area contributed by atoms with Crippen molar-refractivity contribution in [3.8, 4) is 5.75 Å². The number of methoxy groups -OCH3 is 1. The van der Waals surface area contributed by atoms with Gasteiger partial charge in [0.1, 0.15) is 5.75 Å². The molecular formula is C18H23NO. The van der Waals surface area contributed by atoms with Crippen molar-refractivity contribution in [1.29, 1.82) is 0 Å². The molecule has 1 unspecified atom stereocenters. The van der Waals surface area contributed by atoms with Gasteiger partial charge in [-0.05, 0) is 41.7 Å². The van der Waals surface area contributed by atoms with Gasteiger partial charge in [-0.1, -0.05) is 49.7 Å². The summed E-state index contributed by atoms with van der Waals surface area (Å²) < 4.78 is 5.17. The normalized spacial score (nSPS) is 12.2. The first-order valence-electron chi connectivity index (χ1n) is 7.20. The van der Waals surface area contributed by atoms with Gasteiger partial charge < -0.3 is 10.5 Å². The van der Waals surface area contributed by atoms with Gasteiger partial charge in [0.05, 0.1) is 7.11 Å². The monoisotopic (exact) mass is 269 g/mol. The van der Waals surface area contributed by atoms with Crippen LogP contribution >= 0.6 is 0 Å². The van der Waals surface area contributed by atoms with Crippen molar-refractivity contribution in [2.75, 3.05) is 7.11 Å². The standard InChI is InChI=1S/C18H23NO/c1-3-5-14-6-4-7-16(12-14)18(19)13-15-8-10-17(20-2)11-9-15/h4,6-12,18H,3,5,13,19H2,1-2H3. The van der Waals surface area contributed by atoms with E-state index in [0.29, 0.717) is 0 Å².